The van der Waals surface area contributed by atoms with Crippen LogP contribution in [0.4, 0.5) is 0 Å². The second-order valence-electron chi connectivity index (χ2n) is 4.70. The molecule has 1 aliphatic carbocycles. The Morgan fingerprint density at radius 3 is 2.93 bits per heavy atom. The van der Waals surface area contributed by atoms with E-state index in [-0.39, 0.29) is 0 Å². The van der Waals surface area contributed by atoms with E-state index >= 15 is 0 Å². The van der Waals surface area contributed by atoms with Gasteiger partial charge in [0.05, 0.1) is 5.69 Å². The van der Waals surface area contributed by atoms with Gasteiger partial charge in [-0.25, -0.2) is 4.98 Å². The molecule has 0 amide bonds. The molecule has 0 unspecified atom stereocenters. The maximum absolute atomic E-state index is 4.66. The van der Waals surface area contributed by atoms with Gasteiger partial charge in [-0.05, 0) is 36.8 Å². The second kappa shape index (κ2) is 3.09. The number of hydrogen-bond acceptors (Lipinski definition) is 1. The van der Waals surface area contributed by atoms with Crippen LogP contribution < -0.4 is 0 Å². The minimum Gasteiger partial charge on any atom is -0.304 e. The Labute approximate surface area is 90.0 Å². The summed E-state index contributed by atoms with van der Waals surface area (Å²) in [6.45, 7) is 4.47. The summed E-state index contributed by atoms with van der Waals surface area (Å²) < 4.78 is 2.29. The Hall–Kier alpha value is -1.31. The summed E-state index contributed by atoms with van der Waals surface area (Å²) in [5, 5.41) is 0. The molecule has 2 aromatic heterocycles. The van der Waals surface area contributed by atoms with Gasteiger partial charge in [0.1, 0.15) is 5.65 Å². The molecule has 0 aliphatic heterocycles. The summed E-state index contributed by atoms with van der Waals surface area (Å²) in [5.41, 5.74) is 5.27. The van der Waals surface area contributed by atoms with Gasteiger partial charge >= 0.3 is 0 Å². The van der Waals surface area contributed by atoms with E-state index in [4.69, 9.17) is 0 Å². The molecule has 0 fully saturated rings. The van der Waals surface area contributed by atoms with Gasteiger partial charge in [-0.15, -0.1) is 0 Å². The van der Waals surface area contributed by atoms with Gasteiger partial charge in [0.25, 0.3) is 0 Å². The number of imidazole rings is 1. The molecule has 78 valence electrons. The first-order valence-electron chi connectivity index (χ1n) is 5.75. The standard InChI is InChI=1S/C13H16N2/c1-9(2)10-6-7-13-14-11-4-3-5-12(11)15(13)8-10/h6-9H,3-5H2,1-2H3. The monoisotopic (exact) mass is 200 g/mol. The lowest BCUT2D eigenvalue weighted by atomic mass is 10.1. The number of aromatic nitrogens is 2. The maximum Gasteiger partial charge on any atom is 0.137 e. The fourth-order valence-corrected chi connectivity index (χ4v) is 2.39. The van der Waals surface area contributed by atoms with E-state index in [0.717, 1.165) is 12.1 Å². The highest BCUT2D eigenvalue weighted by atomic mass is 15.0. The van der Waals surface area contributed by atoms with Gasteiger partial charge in [0.2, 0.25) is 0 Å². The highest BCUT2D eigenvalue weighted by Crippen LogP contribution is 2.24. The molecule has 0 N–H and O–H groups in total. The first-order valence-corrected chi connectivity index (χ1v) is 5.75. The van der Waals surface area contributed by atoms with E-state index in [1.165, 1.54) is 29.8 Å². The van der Waals surface area contributed by atoms with Gasteiger partial charge in [-0.2, -0.15) is 0 Å². The van der Waals surface area contributed by atoms with E-state index in [2.05, 4.69) is 41.6 Å². The lowest BCUT2D eigenvalue weighted by Crippen LogP contribution is -1.95. The number of rotatable bonds is 1. The van der Waals surface area contributed by atoms with Crippen LogP contribution in [0.5, 0.6) is 0 Å². The number of nitrogens with zero attached hydrogens (tertiary/aromatic N) is 2. The number of hydrogen-bond donors (Lipinski definition) is 0. The predicted molar refractivity (Wildman–Crippen MR) is 61.3 cm³/mol. The van der Waals surface area contributed by atoms with E-state index in [0.29, 0.717) is 5.92 Å². The average Bonchev–Trinajstić information content (AvgIpc) is 2.75. The minimum absolute atomic E-state index is 0.592. The van der Waals surface area contributed by atoms with Crippen molar-refractivity contribution in [2.24, 2.45) is 0 Å². The SMILES string of the molecule is CC(C)c1ccc2nc3c(n2c1)CCC3. The van der Waals surface area contributed by atoms with E-state index < -0.39 is 0 Å². The van der Waals surface area contributed by atoms with Gasteiger partial charge in [-0.3, -0.25) is 0 Å². The summed E-state index contributed by atoms with van der Waals surface area (Å²) in [6, 6.07) is 4.34. The summed E-state index contributed by atoms with van der Waals surface area (Å²) in [7, 11) is 0. The molecule has 2 heterocycles. The molecule has 2 nitrogen and oxygen atoms in total. The lowest BCUT2D eigenvalue weighted by Gasteiger charge is -2.06. The minimum atomic E-state index is 0.592. The van der Waals surface area contributed by atoms with Crippen LogP contribution in [0.15, 0.2) is 18.3 Å². The van der Waals surface area contributed by atoms with Crippen LogP contribution in [-0.2, 0) is 12.8 Å². The highest BCUT2D eigenvalue weighted by Gasteiger charge is 2.17. The van der Waals surface area contributed by atoms with Crippen LogP contribution in [0.25, 0.3) is 5.65 Å². The largest absolute Gasteiger partial charge is 0.304 e. The molecule has 0 spiro atoms. The van der Waals surface area contributed by atoms with Crippen LogP contribution in [0.3, 0.4) is 0 Å². The first kappa shape index (κ1) is 8.96. The molecule has 1 aliphatic rings. The van der Waals surface area contributed by atoms with Crippen molar-refractivity contribution in [3.8, 4) is 0 Å². The lowest BCUT2D eigenvalue weighted by molar-refractivity contribution is 0.836. The maximum atomic E-state index is 4.66. The van der Waals surface area contributed by atoms with Gasteiger partial charge in [0.15, 0.2) is 0 Å². The molecule has 15 heavy (non-hydrogen) atoms. The molecule has 0 saturated heterocycles. The van der Waals surface area contributed by atoms with Crippen molar-refractivity contribution >= 4 is 5.65 Å². The Morgan fingerprint density at radius 2 is 2.13 bits per heavy atom. The zero-order valence-electron chi connectivity index (χ0n) is 9.33. The Balaban J connectivity index is 2.25. The summed E-state index contributed by atoms with van der Waals surface area (Å²) in [4.78, 5) is 4.66. The smallest absolute Gasteiger partial charge is 0.137 e. The number of aryl methyl sites for hydroxylation is 2. The fraction of sp³-hybridized carbons (Fsp3) is 0.462. The molecule has 0 aromatic carbocycles. The van der Waals surface area contributed by atoms with E-state index in [1.54, 1.807) is 0 Å². The van der Waals surface area contributed by atoms with Crippen molar-refractivity contribution in [3.05, 3.63) is 35.3 Å². The van der Waals surface area contributed by atoms with Crippen LogP contribution in [-0.4, -0.2) is 9.38 Å². The number of pyridine rings is 1. The summed E-state index contributed by atoms with van der Waals surface area (Å²) in [5.74, 6) is 0.592. The Kier molecular flexibility index (Phi) is 1.84. The van der Waals surface area contributed by atoms with E-state index in [1.807, 2.05) is 0 Å². The van der Waals surface area contributed by atoms with Crippen molar-refractivity contribution in [2.75, 3.05) is 0 Å². The molecule has 2 aromatic rings. The van der Waals surface area contributed by atoms with Gasteiger partial charge < -0.3 is 4.40 Å². The van der Waals surface area contributed by atoms with Crippen molar-refractivity contribution in [1.29, 1.82) is 0 Å². The topological polar surface area (TPSA) is 17.3 Å². The van der Waals surface area contributed by atoms with Crippen LogP contribution >= 0.6 is 0 Å². The molecule has 2 heteroatoms. The third kappa shape index (κ3) is 1.28. The predicted octanol–water partition coefficient (Wildman–Crippen LogP) is 2.95. The molecule has 3 rings (SSSR count). The van der Waals surface area contributed by atoms with Crippen LogP contribution in [0.2, 0.25) is 0 Å². The van der Waals surface area contributed by atoms with E-state index in [9.17, 15) is 0 Å². The molecule has 0 saturated carbocycles. The quantitative estimate of drug-likeness (QED) is 0.691. The molecular formula is C13H16N2. The first-order chi connectivity index (χ1) is 7.25. The summed E-state index contributed by atoms with van der Waals surface area (Å²) in [6.07, 6.45) is 5.88. The van der Waals surface area contributed by atoms with Crippen molar-refractivity contribution in [2.45, 2.75) is 39.0 Å². The highest BCUT2D eigenvalue weighted by molar-refractivity contribution is 5.46. The zero-order chi connectivity index (χ0) is 10.4. The zero-order valence-corrected chi connectivity index (χ0v) is 9.33. The Morgan fingerprint density at radius 1 is 1.27 bits per heavy atom. The normalized spacial score (nSPS) is 15.1. The average molecular weight is 200 g/mol. The van der Waals surface area contributed by atoms with Crippen molar-refractivity contribution in [1.82, 2.24) is 9.38 Å². The van der Waals surface area contributed by atoms with Crippen LogP contribution in [0, 0.1) is 0 Å². The third-order valence-electron chi connectivity index (χ3n) is 3.32. The molecular weight excluding hydrogens is 184 g/mol. The number of fused-ring (bicyclic) bond motifs is 3. The summed E-state index contributed by atoms with van der Waals surface area (Å²) >= 11 is 0. The fourth-order valence-electron chi connectivity index (χ4n) is 2.39. The second-order valence-corrected chi connectivity index (χ2v) is 4.70. The van der Waals surface area contributed by atoms with Crippen LogP contribution in [0.1, 0.15) is 43.1 Å². The van der Waals surface area contributed by atoms with Crippen molar-refractivity contribution < 1.29 is 0 Å². The molecule has 0 radical (unpaired) electrons. The third-order valence-corrected chi connectivity index (χ3v) is 3.32. The molecule has 0 bridgehead atoms. The van der Waals surface area contributed by atoms with Crippen molar-refractivity contribution in [3.63, 3.8) is 0 Å². The Bertz CT molecular complexity index is 508. The van der Waals surface area contributed by atoms with Gasteiger partial charge in [0, 0.05) is 11.9 Å². The van der Waals surface area contributed by atoms with Gasteiger partial charge in [-0.1, -0.05) is 19.9 Å². The molecule has 0 atom stereocenters.